The van der Waals surface area contributed by atoms with Gasteiger partial charge in [0, 0.05) is 0 Å². The van der Waals surface area contributed by atoms with Gasteiger partial charge >= 0.3 is 11.9 Å². The molecule has 0 aliphatic heterocycles. The van der Waals surface area contributed by atoms with Crippen molar-refractivity contribution in [2.24, 2.45) is 0 Å². The Kier molecular flexibility index (Phi) is 5.86. The van der Waals surface area contributed by atoms with Crippen molar-refractivity contribution in [3.63, 3.8) is 0 Å². The van der Waals surface area contributed by atoms with E-state index in [1.54, 1.807) is 42.5 Å². The summed E-state index contributed by atoms with van der Waals surface area (Å²) in [5.41, 5.74) is 2.35. The van der Waals surface area contributed by atoms with Crippen LogP contribution in [0.5, 0.6) is 0 Å². The van der Waals surface area contributed by atoms with Crippen molar-refractivity contribution in [1.82, 2.24) is 0 Å². The van der Waals surface area contributed by atoms with Crippen LogP contribution in [0.25, 0.3) is 11.1 Å². The fourth-order valence-electron chi connectivity index (χ4n) is 2.12. The van der Waals surface area contributed by atoms with Crippen molar-refractivity contribution in [2.45, 2.75) is 0 Å². The van der Waals surface area contributed by atoms with Crippen molar-refractivity contribution >= 4 is 11.9 Å². The van der Waals surface area contributed by atoms with Crippen LogP contribution in [0.2, 0.25) is 0 Å². The fraction of sp³-hybridized carbons (Fsp3) is 0. The predicted molar refractivity (Wildman–Crippen MR) is 92.2 cm³/mol. The molecule has 120 valence electrons. The van der Waals surface area contributed by atoms with E-state index in [1.165, 1.54) is 0 Å². The van der Waals surface area contributed by atoms with E-state index >= 15 is 0 Å². The highest BCUT2D eigenvalue weighted by Gasteiger charge is 2.09. The van der Waals surface area contributed by atoms with Gasteiger partial charge in [0.15, 0.2) is 0 Å². The summed E-state index contributed by atoms with van der Waals surface area (Å²) in [6, 6.07) is 24.8. The minimum atomic E-state index is -0.894. The smallest absolute Gasteiger partial charge is 0.336 e. The molecule has 0 fully saturated rings. The third kappa shape index (κ3) is 4.55. The Bertz CT molecular complexity index is 811. The van der Waals surface area contributed by atoms with Crippen molar-refractivity contribution in [3.8, 4) is 11.1 Å². The van der Waals surface area contributed by atoms with Gasteiger partial charge in [0.25, 0.3) is 0 Å². The number of carboxylic acids is 2. The van der Waals surface area contributed by atoms with Gasteiger partial charge in [-0.1, -0.05) is 66.7 Å². The molecule has 0 saturated carbocycles. The first-order valence-electron chi connectivity index (χ1n) is 7.25. The molecule has 0 spiro atoms. The summed E-state index contributed by atoms with van der Waals surface area (Å²) in [5, 5.41) is 17.4. The van der Waals surface area contributed by atoms with E-state index in [9.17, 15) is 9.59 Å². The van der Waals surface area contributed by atoms with Gasteiger partial charge < -0.3 is 10.2 Å². The van der Waals surface area contributed by atoms with Crippen LogP contribution in [0, 0.1) is 0 Å². The molecule has 0 bridgehead atoms. The molecule has 0 unspecified atom stereocenters. The van der Waals surface area contributed by atoms with Crippen LogP contribution in [0.15, 0.2) is 84.9 Å². The second-order valence-electron chi connectivity index (χ2n) is 4.89. The van der Waals surface area contributed by atoms with Crippen molar-refractivity contribution in [3.05, 3.63) is 96.1 Å². The zero-order valence-corrected chi connectivity index (χ0v) is 12.8. The van der Waals surface area contributed by atoms with Gasteiger partial charge in [0.05, 0.1) is 11.1 Å². The first kappa shape index (κ1) is 17.0. The van der Waals surface area contributed by atoms with E-state index in [-0.39, 0.29) is 0 Å². The molecule has 0 aliphatic rings. The van der Waals surface area contributed by atoms with E-state index in [2.05, 4.69) is 0 Å². The third-order valence-corrected chi connectivity index (χ3v) is 3.26. The quantitative estimate of drug-likeness (QED) is 0.748. The second-order valence-corrected chi connectivity index (χ2v) is 4.89. The Hall–Kier alpha value is -3.40. The summed E-state index contributed by atoms with van der Waals surface area (Å²) in [6.45, 7) is 0. The topological polar surface area (TPSA) is 74.6 Å². The molecular formula is C20H16O4. The summed E-state index contributed by atoms with van der Waals surface area (Å²) in [5.74, 6) is -1.77. The molecule has 2 N–H and O–H groups in total. The highest BCUT2D eigenvalue weighted by atomic mass is 16.4. The second kappa shape index (κ2) is 8.29. The molecule has 3 aromatic carbocycles. The van der Waals surface area contributed by atoms with Crippen molar-refractivity contribution in [2.75, 3.05) is 0 Å². The fourth-order valence-corrected chi connectivity index (χ4v) is 2.12. The summed E-state index contributed by atoms with van der Waals surface area (Å²) in [7, 11) is 0. The molecule has 0 aromatic heterocycles. The number of hydrogen-bond acceptors (Lipinski definition) is 2. The first-order chi connectivity index (χ1) is 11.6. The largest absolute Gasteiger partial charge is 0.478 e. The average molecular weight is 320 g/mol. The lowest BCUT2D eigenvalue weighted by molar-refractivity contribution is 0.0686. The van der Waals surface area contributed by atoms with Gasteiger partial charge in [-0.3, -0.25) is 0 Å². The van der Waals surface area contributed by atoms with Gasteiger partial charge in [0.1, 0.15) is 0 Å². The van der Waals surface area contributed by atoms with Gasteiger partial charge in [-0.05, 0) is 29.3 Å². The van der Waals surface area contributed by atoms with Crippen LogP contribution >= 0.6 is 0 Å². The first-order valence-corrected chi connectivity index (χ1v) is 7.25. The van der Waals surface area contributed by atoms with Gasteiger partial charge in [-0.25, -0.2) is 9.59 Å². The molecule has 0 radical (unpaired) electrons. The highest BCUT2D eigenvalue weighted by molar-refractivity contribution is 5.95. The average Bonchev–Trinajstić information content (AvgIpc) is 2.63. The molecule has 0 saturated heterocycles. The minimum absolute atomic E-state index is 0.331. The molecule has 3 rings (SSSR count). The molecule has 0 aliphatic carbocycles. The molecule has 4 nitrogen and oxygen atoms in total. The van der Waals surface area contributed by atoms with Crippen molar-refractivity contribution in [1.29, 1.82) is 0 Å². The van der Waals surface area contributed by atoms with Gasteiger partial charge in [-0.15, -0.1) is 0 Å². The maximum atomic E-state index is 11.0. The van der Waals surface area contributed by atoms with E-state index in [4.69, 9.17) is 10.2 Å². The van der Waals surface area contributed by atoms with E-state index in [0.29, 0.717) is 11.1 Å². The zero-order valence-electron chi connectivity index (χ0n) is 12.8. The lowest BCUT2D eigenvalue weighted by Crippen LogP contribution is -1.98. The Morgan fingerprint density at radius 1 is 0.583 bits per heavy atom. The number of hydrogen-bond donors (Lipinski definition) is 2. The Balaban J connectivity index is 0.000000198. The van der Waals surface area contributed by atoms with Crippen LogP contribution in [0.4, 0.5) is 0 Å². The summed E-state index contributed by atoms with van der Waals surface area (Å²) >= 11 is 0. The molecule has 3 aromatic rings. The Labute approximate surface area is 139 Å². The van der Waals surface area contributed by atoms with Crippen LogP contribution in [0.1, 0.15) is 20.7 Å². The van der Waals surface area contributed by atoms with E-state index in [0.717, 1.165) is 11.1 Å². The number of carboxylic acid groups (broad SMARTS) is 2. The van der Waals surface area contributed by atoms with Gasteiger partial charge in [-0.2, -0.15) is 0 Å². The maximum Gasteiger partial charge on any atom is 0.336 e. The highest BCUT2D eigenvalue weighted by Crippen LogP contribution is 2.22. The minimum Gasteiger partial charge on any atom is -0.478 e. The van der Waals surface area contributed by atoms with Crippen LogP contribution < -0.4 is 0 Å². The normalized spacial score (nSPS) is 9.50. The van der Waals surface area contributed by atoms with Crippen LogP contribution in [-0.4, -0.2) is 22.2 Å². The van der Waals surface area contributed by atoms with Gasteiger partial charge in [0.2, 0.25) is 0 Å². The molecule has 0 heterocycles. The van der Waals surface area contributed by atoms with Crippen molar-refractivity contribution < 1.29 is 19.8 Å². The predicted octanol–water partition coefficient (Wildman–Crippen LogP) is 4.44. The number of rotatable bonds is 3. The Morgan fingerprint density at radius 2 is 1.08 bits per heavy atom. The van der Waals surface area contributed by atoms with Crippen LogP contribution in [0.3, 0.4) is 0 Å². The van der Waals surface area contributed by atoms with E-state index in [1.807, 2.05) is 42.5 Å². The molecule has 4 heteroatoms. The van der Waals surface area contributed by atoms with Crippen LogP contribution in [-0.2, 0) is 0 Å². The number of benzene rings is 3. The third-order valence-electron chi connectivity index (χ3n) is 3.26. The number of carbonyl (C=O) groups is 2. The molecule has 24 heavy (non-hydrogen) atoms. The number of aromatic carboxylic acids is 2. The Morgan fingerprint density at radius 3 is 1.58 bits per heavy atom. The molecular weight excluding hydrogens is 304 g/mol. The standard InChI is InChI=1S/C13H10O2.C7H6O2/c14-13(15)12-9-5-4-8-11(12)10-6-2-1-3-7-10;8-7(9)6-4-2-1-3-5-6/h1-9H,(H,14,15);1-5H,(H,8,9). The zero-order chi connectivity index (χ0) is 17.4. The SMILES string of the molecule is O=C(O)c1ccccc1.O=C(O)c1ccccc1-c1ccccc1. The molecule has 0 atom stereocenters. The molecule has 0 amide bonds. The lowest BCUT2D eigenvalue weighted by atomic mass is 10.00. The van der Waals surface area contributed by atoms with E-state index < -0.39 is 11.9 Å². The summed E-state index contributed by atoms with van der Waals surface area (Å²) in [4.78, 5) is 21.2. The maximum absolute atomic E-state index is 11.0. The summed E-state index contributed by atoms with van der Waals surface area (Å²) in [6.07, 6.45) is 0. The lowest BCUT2D eigenvalue weighted by Gasteiger charge is -2.05. The monoisotopic (exact) mass is 320 g/mol. The summed E-state index contributed by atoms with van der Waals surface area (Å²) < 4.78 is 0.